The lowest BCUT2D eigenvalue weighted by Gasteiger charge is -2.26. The molecule has 1 heterocycles. The van der Waals surface area contributed by atoms with Gasteiger partial charge in [-0.2, -0.15) is 0 Å². The summed E-state index contributed by atoms with van der Waals surface area (Å²) in [5.74, 6) is 0.867. The average Bonchev–Trinajstić information content (AvgIpc) is 2.60. The lowest BCUT2D eigenvalue weighted by molar-refractivity contribution is -0.121. The van der Waals surface area contributed by atoms with Gasteiger partial charge in [0, 0.05) is 12.7 Å². The topological polar surface area (TPSA) is 67.9 Å². The molecule has 2 amide bonds. The van der Waals surface area contributed by atoms with E-state index in [1.165, 1.54) is 10.5 Å². The number of amides is 2. The summed E-state index contributed by atoms with van der Waals surface area (Å²) in [5.41, 5.74) is 3.49. The van der Waals surface area contributed by atoms with Gasteiger partial charge in [0.25, 0.3) is 11.8 Å². The SMILES string of the molecule is Cc1ccc(OCC(=O)Nc2ccc3c(c2)N(C)C(=O)CO3)cc1C. The molecule has 1 aliphatic heterocycles. The van der Waals surface area contributed by atoms with E-state index in [4.69, 9.17) is 9.47 Å². The number of rotatable bonds is 4. The quantitative estimate of drug-likeness (QED) is 0.929. The minimum atomic E-state index is -0.274. The third kappa shape index (κ3) is 3.74. The van der Waals surface area contributed by atoms with Crippen molar-refractivity contribution in [3.05, 3.63) is 47.5 Å². The van der Waals surface area contributed by atoms with Crippen LogP contribution >= 0.6 is 0 Å². The van der Waals surface area contributed by atoms with Crippen LogP contribution in [0.3, 0.4) is 0 Å². The molecule has 0 saturated heterocycles. The first kappa shape index (κ1) is 16.8. The number of aryl methyl sites for hydroxylation is 2. The maximum absolute atomic E-state index is 12.1. The highest BCUT2D eigenvalue weighted by Crippen LogP contribution is 2.33. The van der Waals surface area contributed by atoms with E-state index in [0.29, 0.717) is 22.9 Å². The number of carbonyl (C=O) groups excluding carboxylic acids is 2. The molecular weight excluding hydrogens is 320 g/mol. The number of nitrogens with zero attached hydrogens (tertiary/aromatic N) is 1. The molecule has 0 atom stereocenters. The minimum Gasteiger partial charge on any atom is -0.484 e. The number of fused-ring (bicyclic) bond motifs is 1. The van der Waals surface area contributed by atoms with Crippen LogP contribution in [0.1, 0.15) is 11.1 Å². The molecule has 3 rings (SSSR count). The van der Waals surface area contributed by atoms with Gasteiger partial charge in [-0.25, -0.2) is 0 Å². The van der Waals surface area contributed by atoms with Crippen LogP contribution in [-0.4, -0.2) is 32.1 Å². The standard InChI is InChI=1S/C19H20N2O4/c1-12-4-6-15(8-13(12)2)24-10-18(22)20-14-5-7-17-16(9-14)21(3)19(23)11-25-17/h4-9H,10-11H2,1-3H3,(H,20,22). The van der Waals surface area contributed by atoms with Crippen molar-refractivity contribution in [3.8, 4) is 11.5 Å². The van der Waals surface area contributed by atoms with E-state index in [1.807, 2.05) is 32.0 Å². The summed E-state index contributed by atoms with van der Waals surface area (Å²) in [6.45, 7) is 3.95. The Bertz CT molecular complexity index is 832. The van der Waals surface area contributed by atoms with E-state index in [2.05, 4.69) is 5.32 Å². The van der Waals surface area contributed by atoms with Crippen molar-refractivity contribution in [3.63, 3.8) is 0 Å². The molecule has 0 unspecified atom stereocenters. The molecular formula is C19H20N2O4. The first-order valence-electron chi connectivity index (χ1n) is 7.97. The molecule has 2 aromatic rings. The molecule has 0 aromatic heterocycles. The van der Waals surface area contributed by atoms with Gasteiger partial charge in [0.15, 0.2) is 13.2 Å². The van der Waals surface area contributed by atoms with Crippen molar-refractivity contribution in [2.45, 2.75) is 13.8 Å². The van der Waals surface area contributed by atoms with E-state index in [0.717, 1.165) is 5.56 Å². The lowest BCUT2D eigenvalue weighted by atomic mass is 10.1. The molecule has 1 aliphatic rings. The molecule has 0 fully saturated rings. The summed E-state index contributed by atoms with van der Waals surface area (Å²) >= 11 is 0. The van der Waals surface area contributed by atoms with Crippen LogP contribution in [0, 0.1) is 13.8 Å². The van der Waals surface area contributed by atoms with Gasteiger partial charge >= 0.3 is 0 Å². The zero-order valence-corrected chi connectivity index (χ0v) is 14.5. The van der Waals surface area contributed by atoms with Gasteiger partial charge in [-0.3, -0.25) is 9.59 Å². The van der Waals surface area contributed by atoms with Gasteiger partial charge in [-0.05, 0) is 55.3 Å². The number of nitrogens with one attached hydrogen (secondary N) is 1. The number of hydrogen-bond donors (Lipinski definition) is 1. The summed E-state index contributed by atoms with van der Waals surface area (Å²) in [5, 5.41) is 2.77. The maximum atomic E-state index is 12.1. The summed E-state index contributed by atoms with van der Waals surface area (Å²) in [6.07, 6.45) is 0. The van der Waals surface area contributed by atoms with Crippen LogP contribution in [0.4, 0.5) is 11.4 Å². The predicted octanol–water partition coefficient (Wildman–Crippen LogP) is 2.68. The Kier molecular flexibility index (Phi) is 4.61. The van der Waals surface area contributed by atoms with E-state index in [9.17, 15) is 9.59 Å². The van der Waals surface area contributed by atoms with Gasteiger partial charge < -0.3 is 19.7 Å². The molecule has 2 aromatic carbocycles. The highest BCUT2D eigenvalue weighted by atomic mass is 16.5. The molecule has 6 nitrogen and oxygen atoms in total. The zero-order valence-electron chi connectivity index (χ0n) is 14.5. The monoisotopic (exact) mass is 340 g/mol. The third-order valence-electron chi connectivity index (χ3n) is 4.18. The van der Waals surface area contributed by atoms with Crippen LogP contribution in [0.2, 0.25) is 0 Å². The largest absolute Gasteiger partial charge is 0.484 e. The van der Waals surface area contributed by atoms with Crippen LogP contribution < -0.4 is 19.7 Å². The third-order valence-corrected chi connectivity index (χ3v) is 4.18. The first-order valence-corrected chi connectivity index (χ1v) is 7.97. The van der Waals surface area contributed by atoms with Crippen LogP contribution in [0.5, 0.6) is 11.5 Å². The second kappa shape index (κ2) is 6.84. The second-order valence-electron chi connectivity index (χ2n) is 6.01. The van der Waals surface area contributed by atoms with Crippen molar-refractivity contribution in [2.24, 2.45) is 0 Å². The Balaban J connectivity index is 1.63. The normalized spacial score (nSPS) is 13.1. The summed E-state index contributed by atoms with van der Waals surface area (Å²) in [4.78, 5) is 25.3. The summed E-state index contributed by atoms with van der Waals surface area (Å²) in [6, 6.07) is 10.9. The van der Waals surface area contributed by atoms with Gasteiger partial charge in [0.1, 0.15) is 11.5 Å². The van der Waals surface area contributed by atoms with Gasteiger partial charge in [0.2, 0.25) is 0 Å². The molecule has 0 spiro atoms. The molecule has 0 aliphatic carbocycles. The molecule has 0 saturated carbocycles. The number of anilines is 2. The van der Waals surface area contributed by atoms with Crippen LogP contribution in [0.25, 0.3) is 0 Å². The molecule has 0 bridgehead atoms. The van der Waals surface area contributed by atoms with Crippen molar-refractivity contribution >= 4 is 23.2 Å². The van der Waals surface area contributed by atoms with E-state index < -0.39 is 0 Å². The van der Waals surface area contributed by atoms with Crippen molar-refractivity contribution in [1.82, 2.24) is 0 Å². The molecule has 0 radical (unpaired) electrons. The molecule has 6 heteroatoms. The fraction of sp³-hybridized carbons (Fsp3) is 0.263. The van der Waals surface area contributed by atoms with Gasteiger partial charge in [-0.15, -0.1) is 0 Å². The molecule has 25 heavy (non-hydrogen) atoms. The molecule has 130 valence electrons. The second-order valence-corrected chi connectivity index (χ2v) is 6.01. The Hall–Kier alpha value is -3.02. The summed E-state index contributed by atoms with van der Waals surface area (Å²) < 4.78 is 10.9. The van der Waals surface area contributed by atoms with Crippen molar-refractivity contribution < 1.29 is 19.1 Å². The Morgan fingerprint density at radius 3 is 2.76 bits per heavy atom. The van der Waals surface area contributed by atoms with E-state index in [-0.39, 0.29) is 25.0 Å². The number of hydrogen-bond acceptors (Lipinski definition) is 4. The fourth-order valence-corrected chi connectivity index (χ4v) is 2.50. The maximum Gasteiger partial charge on any atom is 0.264 e. The first-order chi connectivity index (χ1) is 11.9. The number of likely N-dealkylation sites (N-methyl/N-ethyl adjacent to an activating group) is 1. The number of benzene rings is 2. The Morgan fingerprint density at radius 1 is 1.20 bits per heavy atom. The highest BCUT2D eigenvalue weighted by Gasteiger charge is 2.22. The van der Waals surface area contributed by atoms with Crippen molar-refractivity contribution in [2.75, 3.05) is 30.5 Å². The van der Waals surface area contributed by atoms with Gasteiger partial charge in [-0.1, -0.05) is 6.07 Å². The fourth-order valence-electron chi connectivity index (χ4n) is 2.50. The lowest BCUT2D eigenvalue weighted by Crippen LogP contribution is -2.35. The van der Waals surface area contributed by atoms with Crippen LogP contribution in [-0.2, 0) is 9.59 Å². The molecule has 1 N–H and O–H groups in total. The smallest absolute Gasteiger partial charge is 0.264 e. The number of ether oxygens (including phenoxy) is 2. The van der Waals surface area contributed by atoms with Gasteiger partial charge in [0.05, 0.1) is 5.69 Å². The van der Waals surface area contributed by atoms with Crippen molar-refractivity contribution in [1.29, 1.82) is 0 Å². The number of carbonyl (C=O) groups is 2. The summed E-state index contributed by atoms with van der Waals surface area (Å²) in [7, 11) is 1.68. The van der Waals surface area contributed by atoms with E-state index in [1.54, 1.807) is 25.2 Å². The van der Waals surface area contributed by atoms with E-state index >= 15 is 0 Å². The predicted molar refractivity (Wildman–Crippen MR) is 95.4 cm³/mol. The Labute approximate surface area is 146 Å². The average molecular weight is 340 g/mol. The zero-order chi connectivity index (χ0) is 18.0. The Morgan fingerprint density at radius 2 is 2.00 bits per heavy atom. The van der Waals surface area contributed by atoms with Crippen LogP contribution in [0.15, 0.2) is 36.4 Å². The minimum absolute atomic E-state index is 0.0268. The highest BCUT2D eigenvalue weighted by molar-refractivity contribution is 5.99.